The number of fused-ring (bicyclic) bond motifs is 1. The van der Waals surface area contributed by atoms with Crippen molar-refractivity contribution >= 4 is 0 Å². The van der Waals surface area contributed by atoms with E-state index in [2.05, 4.69) is 69.3 Å². The van der Waals surface area contributed by atoms with Gasteiger partial charge in [0.2, 0.25) is 0 Å². The molecule has 1 aliphatic rings. The van der Waals surface area contributed by atoms with Gasteiger partial charge >= 0.3 is 0 Å². The number of nitrogens with two attached hydrogens (primary N) is 1. The van der Waals surface area contributed by atoms with Crippen molar-refractivity contribution in [2.45, 2.75) is 45.4 Å². The lowest BCUT2D eigenvalue weighted by atomic mass is 9.55. The van der Waals surface area contributed by atoms with Crippen molar-refractivity contribution in [2.75, 3.05) is 6.54 Å². The highest BCUT2D eigenvalue weighted by molar-refractivity contribution is 5.65. The molecular weight excluding hydrogens is 266 g/mol. The number of benzene rings is 2. The van der Waals surface area contributed by atoms with Gasteiger partial charge in [-0.25, -0.2) is 0 Å². The van der Waals surface area contributed by atoms with Crippen LogP contribution in [0.25, 0.3) is 11.1 Å². The molecular formula is C21H27N. The van der Waals surface area contributed by atoms with Crippen LogP contribution in [0.2, 0.25) is 0 Å². The zero-order valence-electron chi connectivity index (χ0n) is 14.0. The summed E-state index contributed by atoms with van der Waals surface area (Å²) in [5.74, 6) is 0. The smallest absolute Gasteiger partial charge is 0.000935 e. The number of hydrogen-bond donors (Lipinski definition) is 1. The molecule has 1 heteroatoms. The topological polar surface area (TPSA) is 26.0 Å². The Kier molecular flexibility index (Phi) is 3.86. The van der Waals surface area contributed by atoms with Gasteiger partial charge in [0.1, 0.15) is 0 Å². The predicted octanol–water partition coefficient (Wildman–Crippen LogP) is 4.93. The van der Waals surface area contributed by atoms with E-state index in [0.717, 1.165) is 13.0 Å². The minimum absolute atomic E-state index is 0.171. The molecule has 0 saturated carbocycles. The molecule has 0 heterocycles. The van der Waals surface area contributed by atoms with Crippen LogP contribution in [0.3, 0.4) is 0 Å². The molecule has 1 aliphatic carbocycles. The fraction of sp³-hybridized carbons (Fsp3) is 0.429. The van der Waals surface area contributed by atoms with Crippen LogP contribution >= 0.6 is 0 Å². The Morgan fingerprint density at radius 1 is 0.955 bits per heavy atom. The Morgan fingerprint density at radius 2 is 1.68 bits per heavy atom. The second-order valence-corrected chi connectivity index (χ2v) is 7.49. The molecule has 0 radical (unpaired) electrons. The fourth-order valence-corrected chi connectivity index (χ4v) is 4.00. The summed E-state index contributed by atoms with van der Waals surface area (Å²) < 4.78 is 0. The summed E-state index contributed by atoms with van der Waals surface area (Å²) in [7, 11) is 0. The van der Waals surface area contributed by atoms with Gasteiger partial charge in [-0.1, -0.05) is 69.3 Å². The van der Waals surface area contributed by atoms with E-state index in [9.17, 15) is 0 Å². The highest BCUT2D eigenvalue weighted by Gasteiger charge is 2.45. The number of rotatable bonds is 3. The van der Waals surface area contributed by atoms with Crippen LogP contribution in [0, 0.1) is 5.41 Å². The van der Waals surface area contributed by atoms with Gasteiger partial charge in [0, 0.05) is 0 Å². The minimum atomic E-state index is 0.171. The van der Waals surface area contributed by atoms with Crippen LogP contribution in [-0.2, 0) is 11.8 Å². The average Bonchev–Trinajstić information content (AvgIpc) is 2.52. The molecule has 1 unspecified atom stereocenters. The van der Waals surface area contributed by atoms with Crippen molar-refractivity contribution in [1.82, 2.24) is 0 Å². The van der Waals surface area contributed by atoms with Gasteiger partial charge in [0.05, 0.1) is 0 Å². The maximum absolute atomic E-state index is 5.94. The molecule has 2 N–H and O–H groups in total. The lowest BCUT2D eigenvalue weighted by Crippen LogP contribution is -2.44. The molecule has 0 saturated heterocycles. The molecule has 1 atom stereocenters. The molecule has 1 nitrogen and oxygen atoms in total. The Labute approximate surface area is 134 Å². The van der Waals surface area contributed by atoms with Crippen molar-refractivity contribution in [3.8, 4) is 11.1 Å². The Bertz CT molecular complexity index is 657. The van der Waals surface area contributed by atoms with Crippen molar-refractivity contribution in [3.63, 3.8) is 0 Å². The molecule has 22 heavy (non-hydrogen) atoms. The van der Waals surface area contributed by atoms with Crippen LogP contribution in [-0.4, -0.2) is 6.54 Å². The van der Waals surface area contributed by atoms with Crippen molar-refractivity contribution < 1.29 is 0 Å². The van der Waals surface area contributed by atoms with Gasteiger partial charge in [-0.3, -0.25) is 0 Å². The molecule has 116 valence electrons. The van der Waals surface area contributed by atoms with Gasteiger partial charge < -0.3 is 5.73 Å². The minimum Gasteiger partial charge on any atom is -0.330 e. The highest BCUT2D eigenvalue weighted by Crippen LogP contribution is 2.51. The van der Waals surface area contributed by atoms with Crippen molar-refractivity contribution in [2.24, 2.45) is 11.1 Å². The van der Waals surface area contributed by atoms with E-state index in [4.69, 9.17) is 5.73 Å². The van der Waals surface area contributed by atoms with E-state index in [1.165, 1.54) is 35.1 Å². The first-order valence-electron chi connectivity index (χ1n) is 8.37. The van der Waals surface area contributed by atoms with Crippen LogP contribution in [0.1, 0.15) is 44.7 Å². The molecule has 0 spiro atoms. The first kappa shape index (κ1) is 15.3. The van der Waals surface area contributed by atoms with E-state index in [1.807, 2.05) is 0 Å². The maximum Gasteiger partial charge on any atom is -0.000935 e. The lowest BCUT2D eigenvalue weighted by Gasteiger charge is -2.49. The van der Waals surface area contributed by atoms with Gasteiger partial charge in [0.15, 0.2) is 0 Å². The van der Waals surface area contributed by atoms with E-state index in [1.54, 1.807) is 0 Å². The van der Waals surface area contributed by atoms with Crippen molar-refractivity contribution in [1.29, 1.82) is 0 Å². The normalized spacial score (nSPS) is 23.1. The third kappa shape index (κ3) is 2.38. The second kappa shape index (κ2) is 5.55. The Hall–Kier alpha value is -1.60. The third-order valence-corrected chi connectivity index (χ3v) is 5.96. The van der Waals surface area contributed by atoms with E-state index >= 15 is 0 Å². The standard InChI is InChI=1S/C21H27N/c1-20(2)12-11-18-15-17(16-7-5-4-6-8-16)9-10-19(18)21(20,3)13-14-22/h4-10,15H,11-14,22H2,1-3H3. The van der Waals surface area contributed by atoms with Crippen LogP contribution in [0.5, 0.6) is 0 Å². The van der Waals surface area contributed by atoms with Gasteiger partial charge in [0.25, 0.3) is 0 Å². The molecule has 3 rings (SSSR count). The summed E-state index contributed by atoms with van der Waals surface area (Å²) in [6.45, 7) is 7.95. The summed E-state index contributed by atoms with van der Waals surface area (Å²) in [5.41, 5.74) is 12.1. The van der Waals surface area contributed by atoms with Crippen molar-refractivity contribution in [3.05, 3.63) is 59.7 Å². The Balaban J connectivity index is 2.08. The maximum atomic E-state index is 5.94. The first-order valence-corrected chi connectivity index (χ1v) is 8.37. The molecule has 0 bridgehead atoms. The van der Waals surface area contributed by atoms with E-state index < -0.39 is 0 Å². The van der Waals surface area contributed by atoms with E-state index in [-0.39, 0.29) is 5.41 Å². The zero-order valence-corrected chi connectivity index (χ0v) is 14.0. The van der Waals surface area contributed by atoms with Gasteiger partial charge in [-0.2, -0.15) is 0 Å². The number of aryl methyl sites for hydroxylation is 1. The lowest BCUT2D eigenvalue weighted by molar-refractivity contribution is 0.138. The summed E-state index contributed by atoms with van der Waals surface area (Å²) >= 11 is 0. The van der Waals surface area contributed by atoms with Gasteiger partial charge in [-0.05, 0) is 58.9 Å². The van der Waals surface area contributed by atoms with E-state index in [0.29, 0.717) is 5.41 Å². The number of hydrogen-bond acceptors (Lipinski definition) is 1. The summed E-state index contributed by atoms with van der Waals surface area (Å²) in [5, 5.41) is 0. The second-order valence-electron chi connectivity index (χ2n) is 7.49. The molecule has 0 fully saturated rings. The Morgan fingerprint density at radius 3 is 2.36 bits per heavy atom. The molecule has 0 amide bonds. The summed E-state index contributed by atoms with van der Waals surface area (Å²) in [4.78, 5) is 0. The van der Waals surface area contributed by atoms with Gasteiger partial charge in [-0.15, -0.1) is 0 Å². The summed E-state index contributed by atoms with van der Waals surface area (Å²) in [6, 6.07) is 17.7. The quantitative estimate of drug-likeness (QED) is 0.853. The molecule has 2 aromatic rings. The largest absolute Gasteiger partial charge is 0.330 e. The zero-order chi connectivity index (χ0) is 15.8. The monoisotopic (exact) mass is 293 g/mol. The van der Waals surface area contributed by atoms with Crippen LogP contribution in [0.4, 0.5) is 0 Å². The van der Waals surface area contributed by atoms with Crippen LogP contribution < -0.4 is 5.73 Å². The fourth-order valence-electron chi connectivity index (χ4n) is 4.00. The molecule has 2 aromatic carbocycles. The van der Waals surface area contributed by atoms with Crippen LogP contribution in [0.15, 0.2) is 48.5 Å². The highest BCUT2D eigenvalue weighted by atomic mass is 14.6. The summed E-state index contributed by atoms with van der Waals surface area (Å²) in [6.07, 6.45) is 3.45. The SMILES string of the molecule is CC1(C)CCc2cc(-c3ccccc3)ccc2C1(C)CCN. The molecule has 0 aromatic heterocycles. The first-order chi connectivity index (χ1) is 10.5. The third-order valence-electron chi connectivity index (χ3n) is 5.96. The molecule has 0 aliphatic heterocycles. The predicted molar refractivity (Wildman–Crippen MR) is 95.0 cm³/mol. The average molecular weight is 293 g/mol.